The summed E-state index contributed by atoms with van der Waals surface area (Å²) < 4.78 is 1.92. The lowest BCUT2D eigenvalue weighted by molar-refractivity contribution is -0.122. The van der Waals surface area contributed by atoms with Crippen molar-refractivity contribution in [1.82, 2.24) is 9.38 Å². The van der Waals surface area contributed by atoms with Crippen LogP contribution < -0.4 is 4.90 Å². The molecular formula is C10H9N3O. The van der Waals surface area contributed by atoms with Crippen LogP contribution in [-0.2, 0) is 4.79 Å². The summed E-state index contributed by atoms with van der Waals surface area (Å²) in [4.78, 5) is 17.1. The van der Waals surface area contributed by atoms with Crippen molar-refractivity contribution in [2.24, 2.45) is 0 Å². The minimum Gasteiger partial charge on any atom is -0.312 e. The van der Waals surface area contributed by atoms with Crippen molar-refractivity contribution in [3.8, 4) is 0 Å². The van der Waals surface area contributed by atoms with Gasteiger partial charge in [-0.2, -0.15) is 0 Å². The Bertz CT molecular complexity index is 503. The van der Waals surface area contributed by atoms with E-state index in [9.17, 15) is 4.79 Å². The highest BCUT2D eigenvalue weighted by Crippen LogP contribution is 2.22. The highest BCUT2D eigenvalue weighted by Gasteiger charge is 2.25. The first-order chi connectivity index (χ1) is 6.84. The fourth-order valence-corrected chi connectivity index (χ4v) is 1.66. The molecule has 2 aromatic rings. The van der Waals surface area contributed by atoms with Gasteiger partial charge >= 0.3 is 0 Å². The zero-order valence-corrected chi connectivity index (χ0v) is 7.55. The summed E-state index contributed by atoms with van der Waals surface area (Å²) >= 11 is 0. The Labute approximate surface area is 80.8 Å². The van der Waals surface area contributed by atoms with Crippen LogP contribution in [0.5, 0.6) is 0 Å². The number of imidazole rings is 1. The van der Waals surface area contributed by atoms with Gasteiger partial charge in [0.25, 0.3) is 0 Å². The van der Waals surface area contributed by atoms with Gasteiger partial charge in [0.2, 0.25) is 5.91 Å². The quantitative estimate of drug-likeness (QED) is 0.626. The van der Waals surface area contributed by atoms with Gasteiger partial charge in [-0.3, -0.25) is 4.79 Å². The fourth-order valence-electron chi connectivity index (χ4n) is 1.66. The van der Waals surface area contributed by atoms with Crippen molar-refractivity contribution in [1.29, 1.82) is 0 Å². The Hall–Kier alpha value is -1.84. The Morgan fingerprint density at radius 2 is 2.29 bits per heavy atom. The maximum absolute atomic E-state index is 11.2. The number of amides is 1. The van der Waals surface area contributed by atoms with E-state index in [4.69, 9.17) is 0 Å². The third-order valence-corrected chi connectivity index (χ3v) is 2.54. The van der Waals surface area contributed by atoms with E-state index in [1.165, 1.54) is 0 Å². The van der Waals surface area contributed by atoms with Gasteiger partial charge in [-0.15, -0.1) is 0 Å². The number of aromatic nitrogens is 2. The molecule has 1 amide bonds. The minimum atomic E-state index is 0.195. The van der Waals surface area contributed by atoms with Gasteiger partial charge in [0.05, 0.1) is 0 Å². The van der Waals surface area contributed by atoms with Crippen LogP contribution in [0.25, 0.3) is 5.65 Å². The van der Waals surface area contributed by atoms with E-state index < -0.39 is 0 Å². The molecule has 3 rings (SSSR count). The molecule has 2 aromatic heterocycles. The van der Waals surface area contributed by atoms with E-state index in [0.717, 1.165) is 17.9 Å². The van der Waals surface area contributed by atoms with Crippen LogP contribution in [0.15, 0.2) is 30.7 Å². The smallest absolute Gasteiger partial charge is 0.228 e. The van der Waals surface area contributed by atoms with E-state index in [-0.39, 0.29) is 5.91 Å². The first-order valence-electron chi connectivity index (χ1n) is 4.58. The molecule has 0 atom stereocenters. The van der Waals surface area contributed by atoms with Crippen molar-refractivity contribution >= 4 is 17.2 Å². The SMILES string of the molecule is O=C1CCN1c1ccn2ccnc2c1. The second-order valence-electron chi connectivity index (χ2n) is 3.37. The Morgan fingerprint density at radius 1 is 1.36 bits per heavy atom. The number of hydrogen-bond donors (Lipinski definition) is 0. The fraction of sp³-hybridized carbons (Fsp3) is 0.200. The third kappa shape index (κ3) is 0.937. The predicted molar refractivity (Wildman–Crippen MR) is 52.2 cm³/mol. The molecular weight excluding hydrogens is 178 g/mol. The van der Waals surface area contributed by atoms with Crippen LogP contribution in [0.3, 0.4) is 0 Å². The standard InChI is InChI=1S/C10H9N3O/c14-10-2-5-13(10)8-1-4-12-6-3-11-9(12)7-8/h1,3-4,6-7H,2,5H2. The molecule has 4 heteroatoms. The molecule has 0 bridgehead atoms. The summed E-state index contributed by atoms with van der Waals surface area (Å²) in [5, 5.41) is 0. The lowest BCUT2D eigenvalue weighted by atomic mass is 10.2. The predicted octanol–water partition coefficient (Wildman–Crippen LogP) is 1.07. The first-order valence-corrected chi connectivity index (χ1v) is 4.58. The maximum atomic E-state index is 11.2. The van der Waals surface area contributed by atoms with Crippen molar-refractivity contribution in [3.63, 3.8) is 0 Å². The van der Waals surface area contributed by atoms with Crippen LogP contribution in [0.1, 0.15) is 6.42 Å². The summed E-state index contributed by atoms with van der Waals surface area (Å²) in [6.07, 6.45) is 6.22. The zero-order chi connectivity index (χ0) is 9.54. The number of pyridine rings is 1. The number of anilines is 1. The molecule has 0 spiro atoms. The summed E-state index contributed by atoms with van der Waals surface area (Å²) in [5.74, 6) is 0.195. The average Bonchev–Trinajstić information content (AvgIpc) is 2.62. The minimum absolute atomic E-state index is 0.195. The van der Waals surface area contributed by atoms with E-state index in [1.807, 2.05) is 28.9 Å². The molecule has 14 heavy (non-hydrogen) atoms. The summed E-state index contributed by atoms with van der Waals surface area (Å²) in [5.41, 5.74) is 1.82. The number of hydrogen-bond acceptors (Lipinski definition) is 2. The molecule has 3 heterocycles. The molecule has 1 saturated heterocycles. The lowest BCUT2D eigenvalue weighted by Gasteiger charge is -2.30. The second kappa shape index (κ2) is 2.57. The molecule has 1 aliphatic heterocycles. The molecule has 0 aromatic carbocycles. The highest BCUT2D eigenvalue weighted by atomic mass is 16.2. The third-order valence-electron chi connectivity index (χ3n) is 2.54. The molecule has 0 unspecified atom stereocenters. The zero-order valence-electron chi connectivity index (χ0n) is 7.55. The van der Waals surface area contributed by atoms with Crippen LogP contribution in [0.4, 0.5) is 5.69 Å². The summed E-state index contributed by atoms with van der Waals surface area (Å²) in [6.45, 7) is 0.829. The molecule has 1 aliphatic rings. The monoisotopic (exact) mass is 187 g/mol. The molecule has 0 saturated carbocycles. The molecule has 0 aliphatic carbocycles. The topological polar surface area (TPSA) is 37.6 Å². The van der Waals surface area contributed by atoms with Gasteiger partial charge < -0.3 is 9.30 Å². The normalized spacial score (nSPS) is 16.0. The molecule has 0 N–H and O–H groups in total. The van der Waals surface area contributed by atoms with Gasteiger partial charge in [-0.1, -0.05) is 0 Å². The second-order valence-corrected chi connectivity index (χ2v) is 3.37. The molecule has 0 radical (unpaired) electrons. The number of nitrogens with zero attached hydrogens (tertiary/aromatic N) is 3. The number of rotatable bonds is 1. The van der Waals surface area contributed by atoms with Gasteiger partial charge in [-0.05, 0) is 6.07 Å². The Balaban J connectivity index is 2.09. The van der Waals surface area contributed by atoms with Crippen LogP contribution >= 0.6 is 0 Å². The molecule has 4 nitrogen and oxygen atoms in total. The van der Waals surface area contributed by atoms with E-state index in [1.54, 1.807) is 11.1 Å². The highest BCUT2D eigenvalue weighted by molar-refractivity contribution is 5.99. The van der Waals surface area contributed by atoms with Crippen molar-refractivity contribution in [2.45, 2.75) is 6.42 Å². The maximum Gasteiger partial charge on any atom is 0.228 e. The van der Waals surface area contributed by atoms with Gasteiger partial charge in [0.15, 0.2) is 0 Å². The number of carbonyl (C=O) groups is 1. The largest absolute Gasteiger partial charge is 0.312 e. The molecule has 1 fully saturated rings. The van der Waals surface area contributed by atoms with Crippen LogP contribution in [-0.4, -0.2) is 21.8 Å². The number of carbonyl (C=O) groups excluding carboxylic acids is 1. The lowest BCUT2D eigenvalue weighted by Crippen LogP contribution is -2.43. The average molecular weight is 187 g/mol. The van der Waals surface area contributed by atoms with Gasteiger partial charge in [0, 0.05) is 43.3 Å². The molecule has 70 valence electrons. The number of fused-ring (bicyclic) bond motifs is 1. The van der Waals surface area contributed by atoms with Crippen molar-refractivity contribution in [3.05, 3.63) is 30.7 Å². The van der Waals surface area contributed by atoms with Crippen molar-refractivity contribution in [2.75, 3.05) is 11.4 Å². The van der Waals surface area contributed by atoms with Gasteiger partial charge in [-0.25, -0.2) is 4.98 Å². The summed E-state index contributed by atoms with van der Waals surface area (Å²) in [7, 11) is 0. The van der Waals surface area contributed by atoms with E-state index in [0.29, 0.717) is 6.42 Å². The van der Waals surface area contributed by atoms with Crippen molar-refractivity contribution < 1.29 is 4.79 Å². The number of β-lactam (4-membered cyclic amide) rings is 1. The first kappa shape index (κ1) is 7.55. The Morgan fingerprint density at radius 3 is 3.00 bits per heavy atom. The van der Waals surface area contributed by atoms with Crippen LogP contribution in [0.2, 0.25) is 0 Å². The Kier molecular flexibility index (Phi) is 1.39. The van der Waals surface area contributed by atoms with E-state index >= 15 is 0 Å². The van der Waals surface area contributed by atoms with Gasteiger partial charge in [0.1, 0.15) is 5.65 Å². The van der Waals surface area contributed by atoms with E-state index in [2.05, 4.69) is 4.98 Å². The van der Waals surface area contributed by atoms with Crippen LogP contribution in [0, 0.1) is 0 Å². The summed E-state index contributed by atoms with van der Waals surface area (Å²) in [6, 6.07) is 3.86.